The number of rotatable bonds is 6. The summed E-state index contributed by atoms with van der Waals surface area (Å²) in [5.74, 6) is 0. The average molecular weight is 715 g/mol. The van der Waals surface area contributed by atoms with Crippen molar-refractivity contribution in [1.82, 2.24) is 19.1 Å². The van der Waals surface area contributed by atoms with Gasteiger partial charge in [0.15, 0.2) is 0 Å². The van der Waals surface area contributed by atoms with Crippen LogP contribution in [0.5, 0.6) is 0 Å². The van der Waals surface area contributed by atoms with Gasteiger partial charge in [0.05, 0.1) is 33.1 Å². The highest BCUT2D eigenvalue weighted by Gasteiger charge is 2.19. The molecule has 0 amide bonds. The zero-order valence-electron chi connectivity index (χ0n) is 30.4. The van der Waals surface area contributed by atoms with Crippen LogP contribution in [-0.2, 0) is 0 Å². The van der Waals surface area contributed by atoms with Crippen LogP contribution in [0, 0.1) is 0 Å². The van der Waals surface area contributed by atoms with E-state index in [0.29, 0.717) is 0 Å². The minimum Gasteiger partial charge on any atom is -0.308 e. The minimum absolute atomic E-state index is 0.983. The molecule has 0 saturated heterocycles. The first-order valence-corrected chi connectivity index (χ1v) is 19.0. The van der Waals surface area contributed by atoms with E-state index in [0.717, 1.165) is 55.2 Å². The van der Waals surface area contributed by atoms with Crippen molar-refractivity contribution in [3.8, 4) is 55.9 Å². The molecule has 0 bridgehead atoms. The Balaban J connectivity index is 1.06. The van der Waals surface area contributed by atoms with Crippen LogP contribution in [-0.4, -0.2) is 19.1 Å². The zero-order valence-corrected chi connectivity index (χ0v) is 30.4. The van der Waals surface area contributed by atoms with Gasteiger partial charge in [-0.05, 0) is 111 Å². The Bertz CT molecular complexity index is 3030. The molecule has 0 saturated carbocycles. The molecule has 11 rings (SSSR count). The molecule has 4 nitrogen and oxygen atoms in total. The van der Waals surface area contributed by atoms with Gasteiger partial charge in [0.2, 0.25) is 0 Å². The lowest BCUT2D eigenvalue weighted by Crippen LogP contribution is -1.98. The lowest BCUT2D eigenvalue weighted by Gasteiger charge is -2.14. The van der Waals surface area contributed by atoms with Crippen molar-refractivity contribution < 1.29 is 0 Å². The van der Waals surface area contributed by atoms with Gasteiger partial charge < -0.3 is 9.13 Å². The monoisotopic (exact) mass is 714 g/mol. The van der Waals surface area contributed by atoms with Crippen LogP contribution < -0.4 is 0 Å². The van der Waals surface area contributed by atoms with Crippen molar-refractivity contribution in [2.75, 3.05) is 0 Å². The first-order chi connectivity index (χ1) is 27.8. The summed E-state index contributed by atoms with van der Waals surface area (Å²) in [7, 11) is 0. The van der Waals surface area contributed by atoms with E-state index in [9.17, 15) is 0 Å². The Hall–Kier alpha value is -7.56. The summed E-state index contributed by atoms with van der Waals surface area (Å²) in [5.41, 5.74) is 18.0. The fourth-order valence-electron chi connectivity index (χ4n) is 8.54. The Labute approximate surface area is 324 Å². The fourth-order valence-corrected chi connectivity index (χ4v) is 8.54. The predicted molar refractivity (Wildman–Crippen MR) is 232 cm³/mol. The summed E-state index contributed by atoms with van der Waals surface area (Å²) in [6.45, 7) is 0. The molecule has 0 radical (unpaired) electrons. The van der Waals surface area contributed by atoms with Gasteiger partial charge in [0.1, 0.15) is 0 Å². The van der Waals surface area contributed by atoms with Gasteiger partial charge >= 0.3 is 0 Å². The van der Waals surface area contributed by atoms with E-state index in [1.54, 1.807) is 0 Å². The highest BCUT2D eigenvalue weighted by Crippen LogP contribution is 2.40. The molecule has 56 heavy (non-hydrogen) atoms. The Morgan fingerprint density at radius 3 is 1.14 bits per heavy atom. The molecule has 0 unspecified atom stereocenters. The summed E-state index contributed by atoms with van der Waals surface area (Å²) in [6, 6.07) is 69.3. The standard InChI is InChI=1S/C52H34N4/c1-3-14-35(15-4-1)41-20-7-9-22-43(41)37-26-28-47-45(32-37)51-49(24-12-30-53-51)55(47)39-18-11-19-40(34-39)56-48-29-27-38(33-46(48)52-50(56)25-13-31-54-52)44-23-10-8-21-42(44)36-16-5-2-6-17-36/h1-34H. The second-order valence-corrected chi connectivity index (χ2v) is 14.2. The second kappa shape index (κ2) is 13.1. The van der Waals surface area contributed by atoms with E-state index in [2.05, 4.69) is 191 Å². The maximum atomic E-state index is 4.95. The summed E-state index contributed by atoms with van der Waals surface area (Å²) < 4.78 is 4.69. The van der Waals surface area contributed by atoms with Crippen molar-refractivity contribution in [2.45, 2.75) is 0 Å². The quantitative estimate of drug-likeness (QED) is 0.172. The summed E-state index contributed by atoms with van der Waals surface area (Å²) in [4.78, 5) is 9.90. The van der Waals surface area contributed by atoms with E-state index in [1.807, 2.05) is 24.5 Å². The lowest BCUT2D eigenvalue weighted by molar-refractivity contribution is 1.13. The van der Waals surface area contributed by atoms with Crippen molar-refractivity contribution in [1.29, 1.82) is 0 Å². The molecule has 0 N–H and O–H groups in total. The molecular formula is C52H34N4. The number of nitrogens with zero attached hydrogens (tertiary/aromatic N) is 4. The van der Waals surface area contributed by atoms with E-state index >= 15 is 0 Å². The zero-order chi connectivity index (χ0) is 37.0. The second-order valence-electron chi connectivity index (χ2n) is 14.2. The number of aromatic nitrogens is 4. The van der Waals surface area contributed by atoms with Gasteiger partial charge in [-0.25, -0.2) is 0 Å². The Kier molecular flexibility index (Phi) is 7.46. The SMILES string of the molecule is c1ccc(-c2ccccc2-c2ccc3c(c2)c2ncccc2n3-c2cccc(-n3c4ccc(-c5ccccc5-c5ccccc5)cc4c4ncccc43)c2)cc1. The van der Waals surface area contributed by atoms with E-state index in [-0.39, 0.29) is 0 Å². The van der Waals surface area contributed by atoms with E-state index in [4.69, 9.17) is 9.97 Å². The Morgan fingerprint density at radius 2 is 0.696 bits per heavy atom. The number of fused-ring (bicyclic) bond motifs is 6. The molecule has 4 aromatic heterocycles. The topological polar surface area (TPSA) is 35.6 Å². The third-order valence-corrected chi connectivity index (χ3v) is 11.0. The number of hydrogen-bond acceptors (Lipinski definition) is 2. The molecule has 0 aliphatic heterocycles. The summed E-state index contributed by atoms with van der Waals surface area (Å²) in [6.07, 6.45) is 3.79. The molecule has 0 aliphatic rings. The molecule has 4 heteroatoms. The highest BCUT2D eigenvalue weighted by atomic mass is 15.0. The van der Waals surface area contributed by atoms with Gasteiger partial charge in [-0.1, -0.05) is 127 Å². The fraction of sp³-hybridized carbons (Fsp3) is 0. The van der Waals surface area contributed by atoms with Crippen molar-refractivity contribution in [3.63, 3.8) is 0 Å². The molecule has 0 atom stereocenters. The van der Waals surface area contributed by atoms with Gasteiger partial charge in [-0.15, -0.1) is 0 Å². The van der Waals surface area contributed by atoms with Gasteiger partial charge in [-0.2, -0.15) is 0 Å². The van der Waals surface area contributed by atoms with E-state index < -0.39 is 0 Å². The highest BCUT2D eigenvalue weighted by molar-refractivity contribution is 6.10. The first kappa shape index (κ1) is 31.9. The number of hydrogen-bond donors (Lipinski definition) is 0. The third kappa shape index (κ3) is 5.15. The largest absolute Gasteiger partial charge is 0.308 e. The van der Waals surface area contributed by atoms with Gasteiger partial charge in [0.25, 0.3) is 0 Å². The maximum absolute atomic E-state index is 4.95. The van der Waals surface area contributed by atoms with Crippen molar-refractivity contribution in [2.24, 2.45) is 0 Å². The van der Waals surface area contributed by atoms with Gasteiger partial charge in [0, 0.05) is 34.5 Å². The third-order valence-electron chi connectivity index (χ3n) is 11.0. The van der Waals surface area contributed by atoms with E-state index in [1.165, 1.54) is 44.5 Å². The number of benzene rings is 7. The van der Waals surface area contributed by atoms with Gasteiger partial charge in [-0.3, -0.25) is 9.97 Å². The Morgan fingerprint density at radius 1 is 0.286 bits per heavy atom. The smallest absolute Gasteiger partial charge is 0.0963 e. The summed E-state index contributed by atoms with van der Waals surface area (Å²) in [5, 5.41) is 2.24. The molecule has 7 aromatic carbocycles. The summed E-state index contributed by atoms with van der Waals surface area (Å²) >= 11 is 0. The van der Waals surface area contributed by atoms with Crippen LogP contribution in [0.15, 0.2) is 207 Å². The van der Waals surface area contributed by atoms with Crippen LogP contribution in [0.4, 0.5) is 0 Å². The van der Waals surface area contributed by atoms with Crippen LogP contribution in [0.3, 0.4) is 0 Å². The number of pyridine rings is 2. The molecule has 0 aliphatic carbocycles. The van der Waals surface area contributed by atoms with Crippen molar-refractivity contribution in [3.05, 3.63) is 207 Å². The molecule has 4 heterocycles. The van der Waals surface area contributed by atoms with Crippen LogP contribution >= 0.6 is 0 Å². The van der Waals surface area contributed by atoms with Crippen molar-refractivity contribution >= 4 is 43.9 Å². The molecular weight excluding hydrogens is 681 g/mol. The maximum Gasteiger partial charge on any atom is 0.0963 e. The minimum atomic E-state index is 0.983. The first-order valence-electron chi connectivity index (χ1n) is 19.0. The molecule has 11 aromatic rings. The molecule has 0 spiro atoms. The lowest BCUT2D eigenvalue weighted by atomic mass is 9.94. The average Bonchev–Trinajstić information content (AvgIpc) is 3.79. The van der Waals surface area contributed by atoms with Crippen LogP contribution in [0.25, 0.3) is 99.8 Å². The normalized spacial score (nSPS) is 11.6. The van der Waals surface area contributed by atoms with Crippen LogP contribution in [0.2, 0.25) is 0 Å². The molecule has 0 fully saturated rings. The van der Waals surface area contributed by atoms with Crippen LogP contribution in [0.1, 0.15) is 0 Å². The molecule has 262 valence electrons. The predicted octanol–water partition coefficient (Wildman–Crippen LogP) is 13.3.